The molecule has 0 aromatic heterocycles. The molecule has 0 amide bonds. The number of aromatic carboxylic acids is 1. The average Bonchev–Trinajstić information content (AvgIpc) is 2.52. The summed E-state index contributed by atoms with van der Waals surface area (Å²) in [6.45, 7) is 3.23. The fraction of sp³-hybridized carbons (Fsp3) is 0.611. The maximum absolute atomic E-state index is 11.2. The van der Waals surface area contributed by atoms with Crippen LogP contribution >= 0.6 is 0 Å². The minimum absolute atomic E-state index is 0.445. The molecule has 0 aliphatic heterocycles. The molecule has 21 heavy (non-hydrogen) atoms. The molecule has 1 aliphatic rings. The Morgan fingerprint density at radius 1 is 1.24 bits per heavy atom. The maximum Gasteiger partial charge on any atom is 0.335 e. The summed E-state index contributed by atoms with van der Waals surface area (Å²) in [6, 6.07) is 8.02. The molecule has 3 nitrogen and oxygen atoms in total. The van der Waals surface area contributed by atoms with Crippen molar-refractivity contribution in [2.75, 3.05) is 13.6 Å². The van der Waals surface area contributed by atoms with Gasteiger partial charge in [0, 0.05) is 12.6 Å². The molecule has 0 saturated heterocycles. The molecule has 3 heteroatoms. The van der Waals surface area contributed by atoms with Crippen molar-refractivity contribution in [2.24, 2.45) is 5.92 Å². The second kappa shape index (κ2) is 7.60. The first kappa shape index (κ1) is 16.0. The van der Waals surface area contributed by atoms with Gasteiger partial charge in [0.15, 0.2) is 0 Å². The van der Waals surface area contributed by atoms with Gasteiger partial charge in [-0.25, -0.2) is 4.79 Å². The zero-order valence-corrected chi connectivity index (χ0v) is 13.2. The highest BCUT2D eigenvalue weighted by atomic mass is 16.4. The zero-order chi connectivity index (χ0) is 15.2. The first-order valence-corrected chi connectivity index (χ1v) is 8.13. The number of carboxylic acid groups (broad SMARTS) is 1. The van der Waals surface area contributed by atoms with Gasteiger partial charge in [0.1, 0.15) is 0 Å². The summed E-state index contributed by atoms with van der Waals surface area (Å²) in [4.78, 5) is 13.6. The summed E-state index contributed by atoms with van der Waals surface area (Å²) in [5.41, 5.74) is 1.39. The van der Waals surface area contributed by atoms with Gasteiger partial charge in [-0.15, -0.1) is 0 Å². The van der Waals surface area contributed by atoms with Crippen LogP contribution in [0.2, 0.25) is 0 Å². The van der Waals surface area contributed by atoms with Gasteiger partial charge in [0.25, 0.3) is 0 Å². The van der Waals surface area contributed by atoms with E-state index in [4.69, 9.17) is 0 Å². The summed E-state index contributed by atoms with van der Waals surface area (Å²) in [7, 11) is 2.18. The van der Waals surface area contributed by atoms with Crippen LogP contribution in [0.3, 0.4) is 0 Å². The number of carboxylic acids is 1. The van der Waals surface area contributed by atoms with Crippen LogP contribution in [0.5, 0.6) is 0 Å². The monoisotopic (exact) mass is 289 g/mol. The second-order valence-electron chi connectivity index (χ2n) is 6.28. The predicted octanol–water partition coefficient (Wildman–Crippen LogP) is 3.83. The summed E-state index contributed by atoms with van der Waals surface area (Å²) in [5.74, 6) is 0.0964. The number of hydrogen-bond acceptors (Lipinski definition) is 2. The van der Waals surface area contributed by atoms with Crippen molar-refractivity contribution in [3.05, 3.63) is 35.4 Å². The summed E-state index contributed by atoms with van der Waals surface area (Å²) in [5, 5.41) is 9.22. The third-order valence-electron chi connectivity index (χ3n) is 5.00. The lowest BCUT2D eigenvalue weighted by Crippen LogP contribution is -2.36. The molecule has 0 radical (unpaired) electrons. The van der Waals surface area contributed by atoms with E-state index in [2.05, 4.69) is 18.9 Å². The number of nitrogens with zero attached hydrogens (tertiary/aromatic N) is 1. The maximum atomic E-state index is 11.2. The fourth-order valence-corrected chi connectivity index (χ4v) is 3.42. The van der Waals surface area contributed by atoms with E-state index in [0.29, 0.717) is 11.6 Å². The first-order chi connectivity index (χ1) is 10.1. The molecule has 1 fully saturated rings. The van der Waals surface area contributed by atoms with Crippen molar-refractivity contribution >= 4 is 5.97 Å². The molecule has 1 saturated carbocycles. The standard InChI is InChI=1S/C18H27NO2/c1-3-14-8-10-16(11-9-14)19(2)13-12-15-6-4-5-7-17(15)18(20)21/h4-7,14,16H,3,8-13H2,1-2H3,(H,20,21). The van der Waals surface area contributed by atoms with Crippen molar-refractivity contribution in [1.82, 2.24) is 4.90 Å². The summed E-state index contributed by atoms with van der Waals surface area (Å²) < 4.78 is 0. The van der Waals surface area contributed by atoms with Crippen LogP contribution in [0.25, 0.3) is 0 Å². The Hall–Kier alpha value is -1.35. The van der Waals surface area contributed by atoms with Crippen LogP contribution < -0.4 is 0 Å². The summed E-state index contributed by atoms with van der Waals surface area (Å²) >= 11 is 0. The topological polar surface area (TPSA) is 40.5 Å². The van der Waals surface area contributed by atoms with Crippen molar-refractivity contribution in [1.29, 1.82) is 0 Å². The van der Waals surface area contributed by atoms with E-state index in [0.717, 1.165) is 24.4 Å². The largest absolute Gasteiger partial charge is 0.478 e. The van der Waals surface area contributed by atoms with Gasteiger partial charge in [0.2, 0.25) is 0 Å². The van der Waals surface area contributed by atoms with Gasteiger partial charge in [0.05, 0.1) is 5.56 Å². The van der Waals surface area contributed by atoms with Crippen LogP contribution in [0.15, 0.2) is 24.3 Å². The molecule has 0 unspecified atom stereocenters. The van der Waals surface area contributed by atoms with E-state index in [1.165, 1.54) is 32.1 Å². The van der Waals surface area contributed by atoms with Crippen molar-refractivity contribution < 1.29 is 9.90 Å². The van der Waals surface area contributed by atoms with Crippen molar-refractivity contribution in [3.8, 4) is 0 Å². The highest BCUT2D eigenvalue weighted by molar-refractivity contribution is 5.89. The van der Waals surface area contributed by atoms with Gasteiger partial charge in [-0.2, -0.15) is 0 Å². The number of carbonyl (C=O) groups is 1. The molecule has 1 N–H and O–H groups in total. The Balaban J connectivity index is 1.87. The molecule has 2 rings (SSSR count). The van der Waals surface area contributed by atoms with Crippen molar-refractivity contribution in [2.45, 2.75) is 51.5 Å². The van der Waals surface area contributed by atoms with Crippen LogP contribution in [0, 0.1) is 5.92 Å². The van der Waals surface area contributed by atoms with E-state index >= 15 is 0 Å². The van der Waals surface area contributed by atoms with Gasteiger partial charge >= 0.3 is 5.97 Å². The highest BCUT2D eigenvalue weighted by Gasteiger charge is 2.23. The molecule has 1 aromatic carbocycles. The average molecular weight is 289 g/mol. The Bertz CT molecular complexity index is 464. The molecule has 116 valence electrons. The summed E-state index contributed by atoms with van der Waals surface area (Å²) in [6.07, 6.45) is 7.38. The molecule has 1 aliphatic carbocycles. The third-order valence-corrected chi connectivity index (χ3v) is 5.00. The number of hydrogen-bond donors (Lipinski definition) is 1. The van der Waals surface area contributed by atoms with Crippen LogP contribution in [-0.2, 0) is 6.42 Å². The molecular weight excluding hydrogens is 262 g/mol. The lowest BCUT2D eigenvalue weighted by molar-refractivity contribution is 0.0695. The van der Waals surface area contributed by atoms with E-state index in [1.54, 1.807) is 12.1 Å². The van der Waals surface area contributed by atoms with E-state index in [9.17, 15) is 9.90 Å². The van der Waals surface area contributed by atoms with E-state index in [-0.39, 0.29) is 0 Å². The Kier molecular flexibility index (Phi) is 5.80. The van der Waals surface area contributed by atoms with E-state index in [1.807, 2.05) is 12.1 Å². The highest BCUT2D eigenvalue weighted by Crippen LogP contribution is 2.29. The van der Waals surface area contributed by atoms with Crippen molar-refractivity contribution in [3.63, 3.8) is 0 Å². The van der Waals surface area contributed by atoms with Crippen LogP contribution in [0.4, 0.5) is 0 Å². The third kappa shape index (κ3) is 4.31. The zero-order valence-electron chi connectivity index (χ0n) is 13.2. The molecule has 0 spiro atoms. The molecule has 0 bridgehead atoms. The second-order valence-corrected chi connectivity index (χ2v) is 6.28. The normalized spacial score (nSPS) is 22.4. The van der Waals surface area contributed by atoms with Gasteiger partial charge in [-0.1, -0.05) is 31.5 Å². The quantitative estimate of drug-likeness (QED) is 0.865. The lowest BCUT2D eigenvalue weighted by atomic mass is 9.84. The van der Waals surface area contributed by atoms with Gasteiger partial charge in [-0.3, -0.25) is 0 Å². The number of benzene rings is 1. The number of rotatable bonds is 6. The lowest BCUT2D eigenvalue weighted by Gasteiger charge is -2.34. The smallest absolute Gasteiger partial charge is 0.335 e. The Morgan fingerprint density at radius 2 is 1.90 bits per heavy atom. The fourth-order valence-electron chi connectivity index (χ4n) is 3.42. The Morgan fingerprint density at radius 3 is 2.52 bits per heavy atom. The van der Waals surface area contributed by atoms with Crippen LogP contribution in [0.1, 0.15) is 54.9 Å². The SMILES string of the molecule is CCC1CCC(N(C)CCc2ccccc2C(=O)O)CC1. The first-order valence-electron chi connectivity index (χ1n) is 8.13. The molecular formula is C18H27NO2. The van der Waals surface area contributed by atoms with Gasteiger partial charge in [-0.05, 0) is 56.7 Å². The van der Waals surface area contributed by atoms with E-state index < -0.39 is 5.97 Å². The minimum atomic E-state index is -0.822. The molecule has 1 aromatic rings. The number of likely N-dealkylation sites (N-methyl/N-ethyl adjacent to an activating group) is 1. The Labute approximate surface area is 128 Å². The van der Waals surface area contributed by atoms with Gasteiger partial charge < -0.3 is 10.0 Å². The van der Waals surface area contributed by atoms with Crippen LogP contribution in [-0.4, -0.2) is 35.6 Å². The predicted molar refractivity (Wildman–Crippen MR) is 85.8 cm³/mol. The molecule has 0 heterocycles. The molecule has 0 atom stereocenters. The minimum Gasteiger partial charge on any atom is -0.478 e.